The van der Waals surface area contributed by atoms with Gasteiger partial charge in [-0.05, 0) is 46.9 Å². The van der Waals surface area contributed by atoms with Crippen molar-refractivity contribution in [1.29, 1.82) is 0 Å². The van der Waals surface area contributed by atoms with Crippen LogP contribution in [0.4, 0.5) is 5.69 Å². The highest BCUT2D eigenvalue weighted by molar-refractivity contribution is 9.08. The topological polar surface area (TPSA) is 3.24 Å². The van der Waals surface area contributed by atoms with Crippen LogP contribution in [0.15, 0.2) is 35.0 Å². The molecule has 1 aliphatic carbocycles. The molecule has 1 aromatic heterocycles. The van der Waals surface area contributed by atoms with E-state index < -0.39 is 0 Å². The van der Waals surface area contributed by atoms with E-state index in [9.17, 15) is 0 Å². The molecule has 19 heavy (non-hydrogen) atoms. The number of thiophene rings is 1. The average Bonchev–Trinajstić information content (AvgIpc) is 3.14. The number of para-hydroxylation sites is 1. The van der Waals surface area contributed by atoms with Crippen LogP contribution in [0.2, 0.25) is 5.02 Å². The van der Waals surface area contributed by atoms with Crippen molar-refractivity contribution in [2.45, 2.75) is 30.8 Å². The largest absolute Gasteiger partial charge is 0.363 e. The molecule has 0 bridgehead atoms. The standard InChI is InChI=1S/C15H15BrClNS/c16-8-12-2-1-3-14(17)15(12)18(13-4-5-13)9-11-6-7-19-10-11/h1-3,6-7,10,13H,4-5,8-9H2. The van der Waals surface area contributed by atoms with Crippen LogP contribution in [0.1, 0.15) is 24.0 Å². The Morgan fingerprint density at radius 2 is 2.16 bits per heavy atom. The summed E-state index contributed by atoms with van der Waals surface area (Å²) in [6.07, 6.45) is 2.55. The minimum atomic E-state index is 0.651. The molecule has 0 unspecified atom stereocenters. The molecule has 0 radical (unpaired) electrons. The summed E-state index contributed by atoms with van der Waals surface area (Å²) in [5.41, 5.74) is 3.85. The molecule has 1 aromatic carbocycles. The van der Waals surface area contributed by atoms with Gasteiger partial charge in [-0.25, -0.2) is 0 Å². The fraction of sp³-hybridized carbons (Fsp3) is 0.333. The van der Waals surface area contributed by atoms with Gasteiger partial charge in [-0.3, -0.25) is 0 Å². The van der Waals surface area contributed by atoms with Crippen molar-refractivity contribution < 1.29 is 0 Å². The lowest BCUT2D eigenvalue weighted by molar-refractivity contribution is 0.793. The molecule has 100 valence electrons. The Kier molecular flexibility index (Phi) is 4.15. The quantitative estimate of drug-likeness (QED) is 0.642. The van der Waals surface area contributed by atoms with Crippen molar-refractivity contribution >= 4 is 44.6 Å². The first-order chi connectivity index (χ1) is 9.29. The maximum Gasteiger partial charge on any atom is 0.0642 e. The van der Waals surface area contributed by atoms with E-state index in [0.717, 1.165) is 16.9 Å². The van der Waals surface area contributed by atoms with Gasteiger partial charge in [0.05, 0.1) is 10.7 Å². The van der Waals surface area contributed by atoms with Gasteiger partial charge in [0.1, 0.15) is 0 Å². The van der Waals surface area contributed by atoms with Crippen LogP contribution in [0.3, 0.4) is 0 Å². The summed E-state index contributed by atoms with van der Waals surface area (Å²) in [4.78, 5) is 2.47. The Hall–Kier alpha value is -0.510. The molecule has 0 atom stereocenters. The molecule has 1 nitrogen and oxygen atoms in total. The summed E-state index contributed by atoms with van der Waals surface area (Å²) in [6.45, 7) is 0.956. The first-order valence-electron chi connectivity index (χ1n) is 6.40. The summed E-state index contributed by atoms with van der Waals surface area (Å²) in [5.74, 6) is 0. The van der Waals surface area contributed by atoms with E-state index >= 15 is 0 Å². The first-order valence-corrected chi connectivity index (χ1v) is 8.85. The highest BCUT2D eigenvalue weighted by Crippen LogP contribution is 2.39. The number of alkyl halides is 1. The molecule has 3 rings (SSSR count). The second-order valence-electron chi connectivity index (χ2n) is 4.87. The predicted molar refractivity (Wildman–Crippen MR) is 87.6 cm³/mol. The fourth-order valence-corrected chi connectivity index (χ4v) is 3.76. The van der Waals surface area contributed by atoms with E-state index in [0.29, 0.717) is 6.04 Å². The molecule has 0 spiro atoms. The van der Waals surface area contributed by atoms with Crippen LogP contribution in [-0.4, -0.2) is 6.04 Å². The lowest BCUT2D eigenvalue weighted by Crippen LogP contribution is -2.26. The molecule has 1 fully saturated rings. The summed E-state index contributed by atoms with van der Waals surface area (Å²) >= 11 is 11.8. The highest BCUT2D eigenvalue weighted by Gasteiger charge is 2.31. The fourth-order valence-electron chi connectivity index (χ4n) is 2.35. The average molecular weight is 357 g/mol. The van der Waals surface area contributed by atoms with E-state index in [-0.39, 0.29) is 0 Å². The van der Waals surface area contributed by atoms with Gasteiger partial charge in [0.25, 0.3) is 0 Å². The number of halogens is 2. The number of rotatable bonds is 5. The molecule has 0 amide bonds. The number of anilines is 1. The van der Waals surface area contributed by atoms with Gasteiger partial charge in [-0.15, -0.1) is 0 Å². The van der Waals surface area contributed by atoms with E-state index in [1.807, 2.05) is 12.1 Å². The highest BCUT2D eigenvalue weighted by atomic mass is 79.9. The van der Waals surface area contributed by atoms with Crippen LogP contribution in [0.5, 0.6) is 0 Å². The summed E-state index contributed by atoms with van der Waals surface area (Å²) in [5, 5.41) is 6.06. The van der Waals surface area contributed by atoms with E-state index in [1.165, 1.54) is 29.7 Å². The van der Waals surface area contributed by atoms with Crippen molar-refractivity contribution in [3.63, 3.8) is 0 Å². The van der Waals surface area contributed by atoms with Gasteiger partial charge in [-0.2, -0.15) is 11.3 Å². The third kappa shape index (κ3) is 2.99. The maximum atomic E-state index is 6.46. The van der Waals surface area contributed by atoms with Crippen LogP contribution in [0.25, 0.3) is 0 Å². The lowest BCUT2D eigenvalue weighted by Gasteiger charge is -2.27. The van der Waals surface area contributed by atoms with Gasteiger partial charge in [0, 0.05) is 17.9 Å². The number of hydrogen-bond donors (Lipinski definition) is 0. The molecule has 1 saturated carbocycles. The number of nitrogens with zero attached hydrogens (tertiary/aromatic N) is 1. The molecular weight excluding hydrogens is 342 g/mol. The number of hydrogen-bond acceptors (Lipinski definition) is 2. The van der Waals surface area contributed by atoms with Gasteiger partial charge >= 0.3 is 0 Å². The van der Waals surface area contributed by atoms with E-state index in [2.05, 4.69) is 43.7 Å². The molecule has 0 aliphatic heterocycles. The minimum absolute atomic E-state index is 0.651. The molecular formula is C15H15BrClNS. The Morgan fingerprint density at radius 1 is 1.32 bits per heavy atom. The molecule has 4 heteroatoms. The zero-order valence-electron chi connectivity index (χ0n) is 10.5. The molecule has 0 saturated heterocycles. The first kappa shape index (κ1) is 13.5. The van der Waals surface area contributed by atoms with Crippen LogP contribution in [0, 0.1) is 0 Å². The van der Waals surface area contributed by atoms with Crippen molar-refractivity contribution in [2.24, 2.45) is 0 Å². The zero-order chi connectivity index (χ0) is 13.2. The third-order valence-corrected chi connectivity index (χ3v) is 5.06. The lowest BCUT2D eigenvalue weighted by atomic mass is 10.1. The zero-order valence-corrected chi connectivity index (χ0v) is 13.6. The van der Waals surface area contributed by atoms with Crippen LogP contribution in [-0.2, 0) is 11.9 Å². The smallest absolute Gasteiger partial charge is 0.0642 e. The second kappa shape index (κ2) is 5.86. The molecule has 2 aromatic rings. The van der Waals surface area contributed by atoms with E-state index in [4.69, 9.17) is 11.6 Å². The Bertz CT molecular complexity index is 551. The minimum Gasteiger partial charge on any atom is -0.363 e. The summed E-state index contributed by atoms with van der Waals surface area (Å²) in [6, 6.07) is 9.02. The van der Waals surface area contributed by atoms with Crippen molar-refractivity contribution in [1.82, 2.24) is 0 Å². The normalized spacial score (nSPS) is 14.6. The molecule has 1 aliphatic rings. The van der Waals surface area contributed by atoms with Gasteiger partial charge in [-0.1, -0.05) is 39.7 Å². The molecule has 0 N–H and O–H groups in total. The molecule has 1 heterocycles. The van der Waals surface area contributed by atoms with Crippen molar-refractivity contribution in [3.8, 4) is 0 Å². The van der Waals surface area contributed by atoms with Gasteiger partial charge in [0.2, 0.25) is 0 Å². The monoisotopic (exact) mass is 355 g/mol. The SMILES string of the molecule is Clc1cccc(CBr)c1N(Cc1ccsc1)C1CC1. The van der Waals surface area contributed by atoms with Gasteiger partial charge in [0.15, 0.2) is 0 Å². The Labute approximate surface area is 131 Å². The van der Waals surface area contributed by atoms with Crippen molar-refractivity contribution in [3.05, 3.63) is 51.2 Å². The van der Waals surface area contributed by atoms with Crippen LogP contribution < -0.4 is 4.90 Å². The Morgan fingerprint density at radius 3 is 2.79 bits per heavy atom. The van der Waals surface area contributed by atoms with Gasteiger partial charge < -0.3 is 4.90 Å². The summed E-state index contributed by atoms with van der Waals surface area (Å²) < 4.78 is 0. The van der Waals surface area contributed by atoms with E-state index in [1.54, 1.807) is 11.3 Å². The Balaban J connectivity index is 1.96. The number of benzene rings is 1. The second-order valence-corrected chi connectivity index (χ2v) is 6.62. The van der Waals surface area contributed by atoms with Crippen molar-refractivity contribution in [2.75, 3.05) is 4.90 Å². The predicted octanol–water partition coefficient (Wildman–Crippen LogP) is 5.47. The summed E-state index contributed by atoms with van der Waals surface area (Å²) in [7, 11) is 0. The third-order valence-electron chi connectivity index (χ3n) is 3.42. The van der Waals surface area contributed by atoms with Crippen LogP contribution >= 0.6 is 38.9 Å². The maximum absolute atomic E-state index is 6.46.